The number of thiazole rings is 1. The molecule has 0 radical (unpaired) electrons. The van der Waals surface area contributed by atoms with E-state index in [2.05, 4.69) is 9.97 Å². The minimum absolute atomic E-state index is 0.268. The van der Waals surface area contributed by atoms with Crippen LogP contribution in [0.1, 0.15) is 42.4 Å². The molecule has 0 aliphatic carbocycles. The lowest BCUT2D eigenvalue weighted by atomic mass is 9.99. The molecule has 140 valence electrons. The van der Waals surface area contributed by atoms with Crippen molar-refractivity contribution in [1.82, 2.24) is 9.97 Å². The lowest BCUT2D eigenvalue weighted by molar-refractivity contribution is 0.0284. The Morgan fingerprint density at radius 2 is 1.75 bits per heavy atom. The molecule has 2 aromatic heterocycles. The number of benzene rings is 2. The monoisotopic (exact) mass is 390 g/mol. The molecule has 4 aromatic rings. The normalized spacial score (nSPS) is 12.1. The molecule has 28 heavy (non-hydrogen) atoms. The van der Waals surface area contributed by atoms with Crippen LogP contribution in [0.25, 0.3) is 10.9 Å². The summed E-state index contributed by atoms with van der Waals surface area (Å²) in [7, 11) is 0. The topological polar surface area (TPSA) is 72.0 Å². The van der Waals surface area contributed by atoms with Crippen LogP contribution >= 0.6 is 11.3 Å². The van der Waals surface area contributed by atoms with Gasteiger partial charge in [-0.1, -0.05) is 48.5 Å². The highest BCUT2D eigenvalue weighted by Gasteiger charge is 2.29. The van der Waals surface area contributed by atoms with E-state index in [1.807, 2.05) is 49.4 Å². The van der Waals surface area contributed by atoms with Crippen LogP contribution in [-0.2, 0) is 4.74 Å². The van der Waals surface area contributed by atoms with E-state index in [1.54, 1.807) is 25.3 Å². The van der Waals surface area contributed by atoms with E-state index in [0.29, 0.717) is 21.7 Å². The molecule has 0 unspecified atom stereocenters. The molecule has 2 heterocycles. The molecule has 1 atom stereocenters. The van der Waals surface area contributed by atoms with Crippen molar-refractivity contribution >= 4 is 34.0 Å². The van der Waals surface area contributed by atoms with Gasteiger partial charge in [-0.2, -0.15) is 0 Å². The average Bonchev–Trinajstić information content (AvgIpc) is 3.28. The van der Waals surface area contributed by atoms with Crippen molar-refractivity contribution in [2.75, 3.05) is 0 Å². The number of aryl methyl sites for hydroxylation is 2. The van der Waals surface area contributed by atoms with Gasteiger partial charge in [0, 0.05) is 28.2 Å². The maximum atomic E-state index is 13.4. The molecule has 5 nitrogen and oxygen atoms in total. The SMILES string of the molecule is Cc1nc(C)c(C(=O)O[C@H](C(=O)c2c[nH]c3ccccc23)c2ccccc2)s1. The number of ether oxygens (including phenoxy) is 1. The molecule has 0 fully saturated rings. The fraction of sp³-hybridized carbons (Fsp3) is 0.136. The summed E-state index contributed by atoms with van der Waals surface area (Å²) in [5, 5.41) is 1.58. The first-order chi connectivity index (χ1) is 13.5. The van der Waals surface area contributed by atoms with E-state index in [1.165, 1.54) is 11.3 Å². The number of carbonyl (C=O) groups is 2. The third-order valence-corrected chi connectivity index (χ3v) is 5.56. The first-order valence-electron chi connectivity index (χ1n) is 8.85. The maximum Gasteiger partial charge on any atom is 0.351 e. The first kappa shape index (κ1) is 18.1. The van der Waals surface area contributed by atoms with Crippen LogP contribution in [0.15, 0.2) is 60.8 Å². The number of para-hydroxylation sites is 1. The summed E-state index contributed by atoms with van der Waals surface area (Å²) >= 11 is 1.27. The van der Waals surface area contributed by atoms with E-state index < -0.39 is 12.1 Å². The summed E-state index contributed by atoms with van der Waals surface area (Å²) in [5.41, 5.74) is 2.59. The second kappa shape index (κ2) is 7.40. The number of hydrogen-bond acceptors (Lipinski definition) is 5. The van der Waals surface area contributed by atoms with Crippen molar-refractivity contribution in [1.29, 1.82) is 0 Å². The van der Waals surface area contributed by atoms with Crippen LogP contribution in [0.3, 0.4) is 0 Å². The molecular weight excluding hydrogens is 372 g/mol. The van der Waals surface area contributed by atoms with Crippen molar-refractivity contribution in [3.63, 3.8) is 0 Å². The molecule has 0 spiro atoms. The maximum absolute atomic E-state index is 13.4. The van der Waals surface area contributed by atoms with Gasteiger partial charge in [-0.3, -0.25) is 4.79 Å². The fourth-order valence-corrected chi connectivity index (χ4v) is 4.00. The van der Waals surface area contributed by atoms with Crippen LogP contribution < -0.4 is 0 Å². The van der Waals surface area contributed by atoms with E-state index >= 15 is 0 Å². The number of nitrogens with one attached hydrogen (secondary N) is 1. The summed E-state index contributed by atoms with van der Waals surface area (Å²) in [6.07, 6.45) is 0.633. The zero-order chi connectivity index (χ0) is 19.7. The smallest absolute Gasteiger partial charge is 0.351 e. The van der Waals surface area contributed by atoms with Gasteiger partial charge in [0.25, 0.3) is 0 Å². The van der Waals surface area contributed by atoms with Crippen LogP contribution in [0.4, 0.5) is 0 Å². The largest absolute Gasteiger partial charge is 0.445 e. The molecular formula is C22H18N2O3S. The molecule has 0 aliphatic rings. The van der Waals surface area contributed by atoms with Gasteiger partial charge < -0.3 is 9.72 Å². The quantitative estimate of drug-likeness (QED) is 0.383. The van der Waals surface area contributed by atoms with Gasteiger partial charge in [0.1, 0.15) is 4.88 Å². The van der Waals surface area contributed by atoms with Crippen molar-refractivity contribution in [3.8, 4) is 0 Å². The Morgan fingerprint density at radius 1 is 1.04 bits per heavy atom. The predicted octanol–water partition coefficient (Wildman–Crippen LogP) is 5.02. The Hall–Kier alpha value is -3.25. The van der Waals surface area contributed by atoms with Gasteiger partial charge in [0.15, 0.2) is 6.10 Å². The molecule has 0 saturated heterocycles. The first-order valence-corrected chi connectivity index (χ1v) is 9.66. The predicted molar refractivity (Wildman–Crippen MR) is 109 cm³/mol. The average molecular weight is 390 g/mol. The molecule has 0 saturated carbocycles. The number of nitrogens with zero attached hydrogens (tertiary/aromatic N) is 1. The Morgan fingerprint density at radius 3 is 2.46 bits per heavy atom. The van der Waals surface area contributed by atoms with Crippen molar-refractivity contribution in [2.45, 2.75) is 20.0 Å². The zero-order valence-corrected chi connectivity index (χ0v) is 16.2. The van der Waals surface area contributed by atoms with Crippen LogP contribution in [0, 0.1) is 13.8 Å². The van der Waals surface area contributed by atoms with Crippen molar-refractivity contribution < 1.29 is 14.3 Å². The van der Waals surface area contributed by atoms with E-state index in [-0.39, 0.29) is 5.78 Å². The summed E-state index contributed by atoms with van der Waals surface area (Å²) in [5.74, 6) is -0.805. The summed E-state index contributed by atoms with van der Waals surface area (Å²) < 4.78 is 5.72. The third kappa shape index (κ3) is 3.34. The molecule has 6 heteroatoms. The molecule has 0 amide bonds. The van der Waals surface area contributed by atoms with Crippen LogP contribution in [0.5, 0.6) is 0 Å². The van der Waals surface area contributed by atoms with Gasteiger partial charge in [-0.25, -0.2) is 9.78 Å². The number of ketones is 1. The lowest BCUT2D eigenvalue weighted by Crippen LogP contribution is -2.20. The Kier molecular flexibility index (Phi) is 4.79. The molecule has 0 aliphatic heterocycles. The molecule has 2 aromatic carbocycles. The van der Waals surface area contributed by atoms with E-state index in [4.69, 9.17) is 4.74 Å². The standard InChI is InChI=1S/C22H18N2O3S/c1-13-21(28-14(2)24-13)22(26)27-20(15-8-4-3-5-9-15)19(25)17-12-23-18-11-7-6-10-16(17)18/h3-12,20,23H,1-2H3/t20-/m0/s1. The van der Waals surface area contributed by atoms with Gasteiger partial charge >= 0.3 is 5.97 Å². The number of esters is 1. The van der Waals surface area contributed by atoms with Crippen molar-refractivity contribution in [3.05, 3.63) is 87.5 Å². The van der Waals surface area contributed by atoms with Gasteiger partial charge in [0.2, 0.25) is 5.78 Å². The number of fused-ring (bicyclic) bond motifs is 1. The van der Waals surface area contributed by atoms with Gasteiger partial charge in [-0.15, -0.1) is 11.3 Å². The molecule has 1 N–H and O–H groups in total. The van der Waals surface area contributed by atoms with Crippen LogP contribution in [0.2, 0.25) is 0 Å². The number of aromatic nitrogens is 2. The Labute approximate surface area is 166 Å². The number of hydrogen-bond donors (Lipinski definition) is 1. The zero-order valence-electron chi connectivity index (χ0n) is 15.4. The second-order valence-corrected chi connectivity index (χ2v) is 7.66. The molecule has 0 bridgehead atoms. The van der Waals surface area contributed by atoms with Crippen LogP contribution in [-0.4, -0.2) is 21.7 Å². The third-order valence-electron chi connectivity index (χ3n) is 4.51. The van der Waals surface area contributed by atoms with Crippen molar-refractivity contribution in [2.24, 2.45) is 0 Å². The minimum Gasteiger partial charge on any atom is -0.445 e. The Balaban J connectivity index is 1.73. The highest BCUT2D eigenvalue weighted by molar-refractivity contribution is 7.13. The van der Waals surface area contributed by atoms with Gasteiger partial charge in [0.05, 0.1) is 10.7 Å². The fourth-order valence-electron chi connectivity index (χ4n) is 3.20. The second-order valence-electron chi connectivity index (χ2n) is 6.46. The number of aromatic amines is 1. The Bertz CT molecular complexity index is 1160. The van der Waals surface area contributed by atoms with E-state index in [9.17, 15) is 9.59 Å². The number of rotatable bonds is 5. The minimum atomic E-state index is -1.03. The highest BCUT2D eigenvalue weighted by atomic mass is 32.1. The highest BCUT2D eigenvalue weighted by Crippen LogP contribution is 2.29. The lowest BCUT2D eigenvalue weighted by Gasteiger charge is -2.17. The summed E-state index contributed by atoms with van der Waals surface area (Å²) in [4.78, 5) is 34.0. The van der Waals surface area contributed by atoms with Gasteiger partial charge in [-0.05, 0) is 19.9 Å². The number of H-pyrrole nitrogens is 1. The summed E-state index contributed by atoms with van der Waals surface area (Å²) in [6, 6.07) is 16.6. The molecule has 4 rings (SSSR count). The number of carbonyl (C=O) groups excluding carboxylic acids is 2. The number of Topliss-reactive ketones (excluding diaryl/α,β-unsaturated/α-hetero) is 1. The summed E-state index contributed by atoms with van der Waals surface area (Å²) in [6.45, 7) is 3.60. The van der Waals surface area contributed by atoms with E-state index in [0.717, 1.165) is 15.9 Å².